The number of nitrogens with one attached hydrogen (secondary N) is 1. The Balaban J connectivity index is 1.96. The zero-order valence-electron chi connectivity index (χ0n) is 16.4. The molecule has 2 N–H and O–H groups in total. The van der Waals surface area contributed by atoms with Crippen molar-refractivity contribution in [1.29, 1.82) is 0 Å². The summed E-state index contributed by atoms with van der Waals surface area (Å²) in [7, 11) is 0. The molecule has 0 unspecified atom stereocenters. The van der Waals surface area contributed by atoms with Crippen molar-refractivity contribution in [2.75, 3.05) is 0 Å². The topological polar surface area (TPSA) is 91.8 Å². The van der Waals surface area contributed by atoms with E-state index in [2.05, 4.69) is 20.2 Å². The van der Waals surface area contributed by atoms with Crippen LogP contribution in [0.25, 0.3) is 44.5 Å². The third-order valence-electron chi connectivity index (χ3n) is 5.12. The number of carboxylic acids is 1. The molecule has 0 amide bonds. The summed E-state index contributed by atoms with van der Waals surface area (Å²) >= 11 is 0. The van der Waals surface area contributed by atoms with Gasteiger partial charge in [0.15, 0.2) is 5.69 Å². The fourth-order valence-corrected chi connectivity index (χ4v) is 3.70. The maximum atomic E-state index is 13.7. The number of pyridine rings is 2. The molecule has 3 aromatic heterocycles. The van der Waals surface area contributed by atoms with Gasteiger partial charge in [0.2, 0.25) is 0 Å². The molecule has 6 nitrogen and oxygen atoms in total. The molecule has 8 heteroatoms. The number of benzene rings is 2. The van der Waals surface area contributed by atoms with Gasteiger partial charge in [-0.25, -0.2) is 18.6 Å². The molecule has 0 aliphatic carbocycles. The van der Waals surface area contributed by atoms with Gasteiger partial charge in [0.1, 0.15) is 17.2 Å². The Morgan fingerprint density at radius 2 is 1.34 bits per heavy atom. The van der Waals surface area contributed by atoms with Crippen LogP contribution >= 0.6 is 0 Å². The molecule has 0 atom stereocenters. The van der Waals surface area contributed by atoms with Crippen LogP contribution in [0, 0.1) is 11.6 Å². The van der Waals surface area contributed by atoms with Gasteiger partial charge in [0.05, 0.1) is 11.2 Å². The van der Waals surface area contributed by atoms with E-state index in [0.717, 1.165) is 5.56 Å². The van der Waals surface area contributed by atoms with E-state index in [0.29, 0.717) is 33.5 Å². The second-order valence-electron chi connectivity index (χ2n) is 7.06. The largest absolute Gasteiger partial charge is 0.476 e. The fraction of sp³-hybridized carbons (Fsp3) is 0. The summed E-state index contributed by atoms with van der Waals surface area (Å²) in [5.41, 5.74) is 3.95. The Hall–Kier alpha value is -4.46. The van der Waals surface area contributed by atoms with E-state index < -0.39 is 17.6 Å². The summed E-state index contributed by atoms with van der Waals surface area (Å²) in [4.78, 5) is 20.5. The van der Waals surface area contributed by atoms with E-state index >= 15 is 0 Å². The predicted octanol–water partition coefficient (Wildman–Crippen LogP) is 5.33. The Bertz CT molecular complexity index is 1450. The third kappa shape index (κ3) is 3.27. The standard InChI is InChI=1S/C24H14F2N4O2/c25-16-5-1-13(2-6-16)19-18(14-9-11-27-12-10-14)20(15-3-7-17(26)8-4-15)28-22-21(19)29-30-23(22)24(31)32/h1-12H,(H,29,30)(H,31,32). The van der Waals surface area contributed by atoms with Crippen molar-refractivity contribution in [2.24, 2.45) is 0 Å². The number of nitrogens with zero attached hydrogens (tertiary/aromatic N) is 3. The lowest BCUT2D eigenvalue weighted by Crippen LogP contribution is -2.00. The molecular formula is C24H14F2N4O2. The molecule has 0 saturated heterocycles. The Labute approximate surface area is 180 Å². The van der Waals surface area contributed by atoms with Crippen LogP contribution in [0.3, 0.4) is 0 Å². The molecule has 0 aliphatic rings. The monoisotopic (exact) mass is 428 g/mol. The molecule has 3 heterocycles. The molecule has 0 fully saturated rings. The lowest BCUT2D eigenvalue weighted by molar-refractivity contribution is 0.0692. The second kappa shape index (κ2) is 7.66. The highest BCUT2D eigenvalue weighted by Gasteiger charge is 2.25. The van der Waals surface area contributed by atoms with Crippen molar-refractivity contribution in [3.05, 3.63) is 90.4 Å². The smallest absolute Gasteiger partial charge is 0.358 e. The maximum Gasteiger partial charge on any atom is 0.358 e. The number of fused-ring (bicyclic) bond motifs is 1. The molecule has 156 valence electrons. The minimum atomic E-state index is -1.24. The van der Waals surface area contributed by atoms with Crippen LogP contribution in [0.4, 0.5) is 8.78 Å². The summed E-state index contributed by atoms with van der Waals surface area (Å²) in [5, 5.41) is 16.4. The quantitative estimate of drug-likeness (QED) is 0.404. The first-order chi connectivity index (χ1) is 15.5. The van der Waals surface area contributed by atoms with E-state index in [1.54, 1.807) is 48.8 Å². The summed E-state index contributed by atoms with van der Waals surface area (Å²) < 4.78 is 27.3. The van der Waals surface area contributed by atoms with Crippen LogP contribution in [-0.2, 0) is 0 Å². The van der Waals surface area contributed by atoms with Crippen molar-refractivity contribution < 1.29 is 18.7 Å². The Kier molecular flexibility index (Phi) is 4.67. The number of H-pyrrole nitrogens is 1. The molecule has 0 bridgehead atoms. The van der Waals surface area contributed by atoms with Crippen LogP contribution in [-0.4, -0.2) is 31.2 Å². The van der Waals surface area contributed by atoms with Gasteiger partial charge >= 0.3 is 5.97 Å². The maximum absolute atomic E-state index is 13.7. The molecule has 0 saturated carbocycles. The number of aromatic amines is 1. The number of halogens is 2. The minimum absolute atomic E-state index is 0.147. The number of aromatic carboxylic acids is 1. The van der Waals surface area contributed by atoms with Crippen LogP contribution in [0.1, 0.15) is 10.5 Å². The Morgan fingerprint density at radius 3 is 1.94 bits per heavy atom. The average molecular weight is 428 g/mol. The number of aromatic nitrogens is 4. The number of rotatable bonds is 4. The lowest BCUT2D eigenvalue weighted by atomic mass is 9.90. The van der Waals surface area contributed by atoms with Gasteiger partial charge in [-0.15, -0.1) is 0 Å². The molecular weight excluding hydrogens is 414 g/mol. The highest BCUT2D eigenvalue weighted by molar-refractivity contribution is 6.10. The van der Waals surface area contributed by atoms with Crippen LogP contribution in [0.5, 0.6) is 0 Å². The predicted molar refractivity (Wildman–Crippen MR) is 115 cm³/mol. The molecule has 0 aliphatic heterocycles. The van der Waals surface area contributed by atoms with Crippen molar-refractivity contribution in [1.82, 2.24) is 20.2 Å². The van der Waals surface area contributed by atoms with Crippen molar-refractivity contribution in [2.45, 2.75) is 0 Å². The molecule has 0 spiro atoms. The first-order valence-corrected chi connectivity index (χ1v) is 9.60. The van der Waals surface area contributed by atoms with Crippen molar-refractivity contribution in [3.63, 3.8) is 0 Å². The summed E-state index contributed by atoms with van der Waals surface area (Å²) in [6.45, 7) is 0. The van der Waals surface area contributed by atoms with Crippen molar-refractivity contribution in [3.8, 4) is 33.5 Å². The number of carbonyl (C=O) groups is 1. The third-order valence-corrected chi connectivity index (χ3v) is 5.12. The summed E-state index contributed by atoms with van der Waals surface area (Å²) in [5.74, 6) is -2.05. The number of hydrogen-bond donors (Lipinski definition) is 2. The Morgan fingerprint density at radius 1 is 0.781 bits per heavy atom. The van der Waals surface area contributed by atoms with Gasteiger partial charge in [-0.2, -0.15) is 5.10 Å². The van der Waals surface area contributed by atoms with Crippen LogP contribution in [0.2, 0.25) is 0 Å². The highest BCUT2D eigenvalue weighted by atomic mass is 19.1. The molecule has 32 heavy (non-hydrogen) atoms. The zero-order chi connectivity index (χ0) is 22.2. The normalized spacial score (nSPS) is 11.1. The fourth-order valence-electron chi connectivity index (χ4n) is 3.70. The van der Waals surface area contributed by atoms with Gasteiger partial charge < -0.3 is 5.11 Å². The molecule has 2 aromatic carbocycles. The number of carboxylic acid groups (broad SMARTS) is 1. The molecule has 5 rings (SSSR count). The molecule has 5 aromatic rings. The SMILES string of the molecule is O=C(O)c1n[nH]c2c(-c3ccc(F)cc3)c(-c3ccncc3)c(-c3ccc(F)cc3)nc12. The van der Waals surface area contributed by atoms with Gasteiger partial charge in [0, 0.05) is 29.1 Å². The van der Waals surface area contributed by atoms with E-state index in [1.165, 1.54) is 24.3 Å². The average Bonchev–Trinajstić information content (AvgIpc) is 3.24. The number of hydrogen-bond acceptors (Lipinski definition) is 4. The first-order valence-electron chi connectivity index (χ1n) is 9.60. The van der Waals surface area contributed by atoms with Crippen LogP contribution in [0.15, 0.2) is 73.1 Å². The highest BCUT2D eigenvalue weighted by Crippen LogP contribution is 2.43. The van der Waals surface area contributed by atoms with E-state index in [4.69, 9.17) is 0 Å². The second-order valence-corrected chi connectivity index (χ2v) is 7.06. The minimum Gasteiger partial charge on any atom is -0.476 e. The lowest BCUT2D eigenvalue weighted by Gasteiger charge is -2.16. The van der Waals surface area contributed by atoms with Crippen molar-refractivity contribution >= 4 is 17.0 Å². The zero-order valence-corrected chi connectivity index (χ0v) is 16.4. The van der Waals surface area contributed by atoms with E-state index in [-0.39, 0.29) is 11.2 Å². The molecule has 0 radical (unpaired) electrons. The van der Waals surface area contributed by atoms with Gasteiger partial charge in [-0.05, 0) is 59.7 Å². The van der Waals surface area contributed by atoms with E-state index in [1.807, 2.05) is 0 Å². The van der Waals surface area contributed by atoms with E-state index in [9.17, 15) is 18.7 Å². The van der Waals surface area contributed by atoms with Gasteiger partial charge in [0.25, 0.3) is 0 Å². The van der Waals surface area contributed by atoms with Gasteiger partial charge in [-0.3, -0.25) is 10.1 Å². The van der Waals surface area contributed by atoms with Gasteiger partial charge in [-0.1, -0.05) is 12.1 Å². The summed E-state index contributed by atoms with van der Waals surface area (Å²) in [6.07, 6.45) is 3.25. The van der Waals surface area contributed by atoms with Crippen LogP contribution < -0.4 is 0 Å². The first kappa shape index (κ1) is 19.5. The summed E-state index contributed by atoms with van der Waals surface area (Å²) in [6, 6.07) is 15.2.